The number of halogens is 2. The molecular weight excluding hydrogens is 405 g/mol. The fourth-order valence-corrected chi connectivity index (χ4v) is 2.76. The van der Waals surface area contributed by atoms with Crippen LogP contribution in [-0.2, 0) is 0 Å². The number of amides is 2. The molecular formula is C16H15BrFN7O. The van der Waals surface area contributed by atoms with Crippen molar-refractivity contribution in [3.63, 3.8) is 0 Å². The molecule has 0 radical (unpaired) electrons. The van der Waals surface area contributed by atoms with Crippen LogP contribution in [0.5, 0.6) is 0 Å². The van der Waals surface area contributed by atoms with Crippen LogP contribution in [0.15, 0.2) is 41.4 Å². The number of aromatic nitrogens is 5. The number of hydrogen-bond acceptors (Lipinski definition) is 5. The number of nitrogens with zero attached hydrogens (tertiary/aromatic N) is 5. The van der Waals surface area contributed by atoms with E-state index in [1.165, 1.54) is 17.1 Å². The fourth-order valence-electron chi connectivity index (χ4n) is 2.30. The van der Waals surface area contributed by atoms with Crippen molar-refractivity contribution in [3.05, 3.63) is 58.6 Å². The molecule has 8 nitrogen and oxygen atoms in total. The van der Waals surface area contributed by atoms with Gasteiger partial charge in [0, 0.05) is 18.1 Å². The standard InChI is InChI=1S/C16H15BrFN7O/c1-9-6-11(17)12(18)7-13(9)24-16(26)23-10(2)14-21-8-22-25(14)15-19-4-3-5-20-15/h3-8,10H,1-2H3,(H2,23,24,26)/t10-/m0/s1. The highest BCUT2D eigenvalue weighted by atomic mass is 79.9. The van der Waals surface area contributed by atoms with Gasteiger partial charge in [0.15, 0.2) is 5.82 Å². The molecule has 0 aliphatic rings. The lowest BCUT2D eigenvalue weighted by Crippen LogP contribution is -2.33. The summed E-state index contributed by atoms with van der Waals surface area (Å²) >= 11 is 3.11. The summed E-state index contributed by atoms with van der Waals surface area (Å²) in [5.41, 5.74) is 1.10. The number of carbonyl (C=O) groups excluding carboxylic acids is 1. The van der Waals surface area contributed by atoms with Crippen molar-refractivity contribution in [2.24, 2.45) is 0 Å². The maximum absolute atomic E-state index is 13.7. The number of aryl methyl sites for hydroxylation is 1. The quantitative estimate of drug-likeness (QED) is 0.676. The predicted octanol–water partition coefficient (Wildman–Crippen LogP) is 3.15. The lowest BCUT2D eigenvalue weighted by Gasteiger charge is -2.15. The first-order chi connectivity index (χ1) is 12.5. The zero-order valence-corrected chi connectivity index (χ0v) is 15.5. The average molecular weight is 420 g/mol. The normalized spacial score (nSPS) is 11.8. The van der Waals surface area contributed by atoms with E-state index >= 15 is 0 Å². The summed E-state index contributed by atoms with van der Waals surface area (Å²) in [4.78, 5) is 24.7. The van der Waals surface area contributed by atoms with E-state index in [9.17, 15) is 9.18 Å². The molecule has 0 unspecified atom stereocenters. The maximum atomic E-state index is 13.7. The Balaban J connectivity index is 1.73. The molecule has 0 bridgehead atoms. The molecule has 0 saturated carbocycles. The molecule has 0 spiro atoms. The summed E-state index contributed by atoms with van der Waals surface area (Å²) in [6.45, 7) is 3.52. The third-order valence-corrected chi connectivity index (χ3v) is 4.17. The number of anilines is 1. The number of rotatable bonds is 4. The molecule has 0 aliphatic heterocycles. The highest BCUT2D eigenvalue weighted by molar-refractivity contribution is 9.10. The first-order valence-electron chi connectivity index (χ1n) is 7.66. The lowest BCUT2D eigenvalue weighted by molar-refractivity contribution is 0.248. The van der Waals surface area contributed by atoms with Crippen molar-refractivity contribution in [1.29, 1.82) is 0 Å². The second-order valence-electron chi connectivity index (χ2n) is 5.48. The molecule has 1 atom stereocenters. The fraction of sp³-hybridized carbons (Fsp3) is 0.188. The van der Waals surface area contributed by atoms with Crippen LogP contribution in [0.25, 0.3) is 5.95 Å². The summed E-state index contributed by atoms with van der Waals surface area (Å²) in [5, 5.41) is 9.46. The van der Waals surface area contributed by atoms with E-state index in [2.05, 4.69) is 46.6 Å². The molecule has 3 aromatic rings. The maximum Gasteiger partial charge on any atom is 0.319 e. The molecule has 2 aromatic heterocycles. The number of benzene rings is 1. The van der Waals surface area contributed by atoms with Crippen LogP contribution in [0.3, 0.4) is 0 Å². The summed E-state index contributed by atoms with van der Waals surface area (Å²) in [6.07, 6.45) is 4.53. The lowest BCUT2D eigenvalue weighted by atomic mass is 10.2. The summed E-state index contributed by atoms with van der Waals surface area (Å²) in [7, 11) is 0. The second-order valence-corrected chi connectivity index (χ2v) is 6.33. The second kappa shape index (κ2) is 7.56. The zero-order valence-electron chi connectivity index (χ0n) is 13.9. The minimum atomic E-state index is -0.495. The molecule has 2 heterocycles. The molecule has 0 fully saturated rings. The van der Waals surface area contributed by atoms with Gasteiger partial charge in [-0.05, 0) is 53.5 Å². The van der Waals surface area contributed by atoms with E-state index in [4.69, 9.17) is 0 Å². The van der Waals surface area contributed by atoms with Gasteiger partial charge in [-0.1, -0.05) is 0 Å². The minimum absolute atomic E-state index is 0.338. The largest absolute Gasteiger partial charge is 0.328 e. The zero-order chi connectivity index (χ0) is 18.7. The van der Waals surface area contributed by atoms with Crippen LogP contribution in [-0.4, -0.2) is 30.8 Å². The first kappa shape index (κ1) is 17.9. The summed E-state index contributed by atoms with van der Waals surface area (Å²) in [5.74, 6) is 0.352. The van der Waals surface area contributed by atoms with Gasteiger partial charge in [0.25, 0.3) is 5.95 Å². The van der Waals surface area contributed by atoms with Crippen LogP contribution in [0, 0.1) is 12.7 Å². The molecule has 0 saturated heterocycles. The van der Waals surface area contributed by atoms with Crippen molar-refractivity contribution in [2.75, 3.05) is 5.32 Å². The van der Waals surface area contributed by atoms with E-state index < -0.39 is 17.9 Å². The molecule has 3 rings (SSSR count). The van der Waals surface area contributed by atoms with Gasteiger partial charge in [-0.3, -0.25) is 0 Å². The van der Waals surface area contributed by atoms with Crippen LogP contribution < -0.4 is 10.6 Å². The van der Waals surface area contributed by atoms with Crippen LogP contribution in [0.1, 0.15) is 24.4 Å². The summed E-state index contributed by atoms with van der Waals surface area (Å²) < 4.78 is 15.5. The van der Waals surface area contributed by atoms with Crippen LogP contribution in [0.2, 0.25) is 0 Å². The van der Waals surface area contributed by atoms with E-state index in [0.717, 1.165) is 5.56 Å². The van der Waals surface area contributed by atoms with Gasteiger partial charge in [-0.25, -0.2) is 24.1 Å². The van der Waals surface area contributed by atoms with E-state index in [1.54, 1.807) is 38.4 Å². The Kier molecular flexibility index (Phi) is 5.21. The smallest absolute Gasteiger partial charge is 0.319 e. The first-order valence-corrected chi connectivity index (χ1v) is 8.45. The molecule has 26 heavy (non-hydrogen) atoms. The van der Waals surface area contributed by atoms with Crippen molar-refractivity contribution >= 4 is 27.6 Å². The highest BCUT2D eigenvalue weighted by Gasteiger charge is 2.18. The molecule has 10 heteroatoms. The number of nitrogens with one attached hydrogen (secondary N) is 2. The number of carbonyl (C=O) groups is 1. The van der Waals surface area contributed by atoms with Gasteiger partial charge in [0.1, 0.15) is 12.1 Å². The van der Waals surface area contributed by atoms with Gasteiger partial charge < -0.3 is 10.6 Å². The topological polar surface area (TPSA) is 97.6 Å². The number of hydrogen-bond donors (Lipinski definition) is 2. The molecule has 2 N–H and O–H groups in total. The Morgan fingerprint density at radius 1 is 1.27 bits per heavy atom. The Morgan fingerprint density at radius 3 is 2.73 bits per heavy atom. The van der Waals surface area contributed by atoms with Crippen molar-refractivity contribution in [2.45, 2.75) is 19.9 Å². The van der Waals surface area contributed by atoms with Gasteiger partial charge in [0.2, 0.25) is 0 Å². The third-order valence-electron chi connectivity index (χ3n) is 3.57. The molecule has 0 aliphatic carbocycles. The Bertz CT molecular complexity index is 932. The Labute approximate surface area is 157 Å². The molecule has 134 valence electrons. The predicted molar refractivity (Wildman–Crippen MR) is 96.4 cm³/mol. The van der Waals surface area contributed by atoms with Crippen molar-refractivity contribution < 1.29 is 9.18 Å². The van der Waals surface area contributed by atoms with Gasteiger partial charge in [-0.15, -0.1) is 0 Å². The van der Waals surface area contributed by atoms with Gasteiger partial charge in [0.05, 0.1) is 10.5 Å². The van der Waals surface area contributed by atoms with Crippen LogP contribution in [0.4, 0.5) is 14.9 Å². The van der Waals surface area contributed by atoms with Crippen molar-refractivity contribution in [3.8, 4) is 5.95 Å². The van der Waals surface area contributed by atoms with E-state index in [0.29, 0.717) is 21.9 Å². The minimum Gasteiger partial charge on any atom is -0.328 e. The highest BCUT2D eigenvalue weighted by Crippen LogP contribution is 2.24. The number of urea groups is 1. The van der Waals surface area contributed by atoms with E-state index in [1.807, 2.05) is 0 Å². The van der Waals surface area contributed by atoms with Gasteiger partial charge in [-0.2, -0.15) is 9.78 Å². The third kappa shape index (κ3) is 3.85. The average Bonchev–Trinajstić information content (AvgIpc) is 3.10. The van der Waals surface area contributed by atoms with Crippen LogP contribution >= 0.6 is 15.9 Å². The SMILES string of the molecule is Cc1cc(Br)c(F)cc1NC(=O)N[C@@H](C)c1ncnn1-c1ncccn1. The Hall–Kier alpha value is -2.88. The monoisotopic (exact) mass is 419 g/mol. The van der Waals surface area contributed by atoms with Crippen molar-refractivity contribution in [1.82, 2.24) is 30.0 Å². The molecule has 2 amide bonds. The Morgan fingerprint density at radius 2 is 2.00 bits per heavy atom. The van der Waals surface area contributed by atoms with E-state index in [-0.39, 0.29) is 0 Å². The summed E-state index contributed by atoms with van der Waals surface area (Å²) in [6, 6.07) is 3.56. The molecule has 1 aromatic carbocycles. The van der Waals surface area contributed by atoms with Gasteiger partial charge >= 0.3 is 6.03 Å².